The van der Waals surface area contributed by atoms with E-state index in [-0.39, 0.29) is 5.82 Å². The molecule has 0 amide bonds. The molecule has 0 spiro atoms. The van der Waals surface area contributed by atoms with E-state index in [9.17, 15) is 9.18 Å². The predicted molar refractivity (Wildman–Crippen MR) is 73.4 cm³/mol. The van der Waals surface area contributed by atoms with Crippen molar-refractivity contribution in [2.75, 3.05) is 7.05 Å². The van der Waals surface area contributed by atoms with Crippen LogP contribution in [-0.2, 0) is 13.1 Å². The summed E-state index contributed by atoms with van der Waals surface area (Å²) in [5.41, 5.74) is 2.39. The van der Waals surface area contributed by atoms with E-state index in [1.54, 1.807) is 18.2 Å². The Bertz CT molecular complexity index is 568. The Balaban J connectivity index is 2.03. The minimum absolute atomic E-state index is 0.184. The minimum atomic E-state index is -0.184. The third-order valence-electron chi connectivity index (χ3n) is 2.94. The topological polar surface area (TPSA) is 20.3 Å². The molecule has 0 aliphatic rings. The highest BCUT2D eigenvalue weighted by Gasteiger charge is 2.06. The number of carbonyl (C=O) groups excluding carboxylic acids is 1. The molecule has 0 aliphatic heterocycles. The van der Waals surface area contributed by atoms with E-state index in [0.717, 1.165) is 11.8 Å². The van der Waals surface area contributed by atoms with Crippen LogP contribution in [0.2, 0.25) is 0 Å². The zero-order valence-electron chi connectivity index (χ0n) is 10.8. The van der Waals surface area contributed by atoms with E-state index in [1.165, 1.54) is 6.07 Å². The van der Waals surface area contributed by atoms with Gasteiger partial charge in [-0.1, -0.05) is 36.4 Å². The first-order chi connectivity index (χ1) is 9.19. The lowest BCUT2D eigenvalue weighted by Crippen LogP contribution is -2.18. The number of hydrogen-bond acceptors (Lipinski definition) is 2. The third-order valence-corrected chi connectivity index (χ3v) is 2.94. The van der Waals surface area contributed by atoms with Crippen LogP contribution in [0.3, 0.4) is 0 Å². The van der Waals surface area contributed by atoms with Crippen LogP contribution in [0.25, 0.3) is 0 Å². The summed E-state index contributed by atoms with van der Waals surface area (Å²) in [7, 11) is 1.93. The van der Waals surface area contributed by atoms with Gasteiger partial charge in [0.1, 0.15) is 12.1 Å². The second-order valence-corrected chi connectivity index (χ2v) is 4.63. The van der Waals surface area contributed by atoms with E-state index in [0.29, 0.717) is 24.2 Å². The molecule has 0 heterocycles. The summed E-state index contributed by atoms with van der Waals surface area (Å²) in [5, 5.41) is 0. The number of rotatable bonds is 5. The van der Waals surface area contributed by atoms with Crippen molar-refractivity contribution in [2.45, 2.75) is 13.1 Å². The van der Waals surface area contributed by atoms with Gasteiger partial charge in [0, 0.05) is 24.2 Å². The molecule has 0 fully saturated rings. The highest BCUT2D eigenvalue weighted by atomic mass is 19.1. The number of carbonyl (C=O) groups is 1. The van der Waals surface area contributed by atoms with Crippen LogP contribution in [-0.4, -0.2) is 18.2 Å². The fourth-order valence-corrected chi connectivity index (χ4v) is 2.05. The Labute approximate surface area is 112 Å². The van der Waals surface area contributed by atoms with Crippen molar-refractivity contribution >= 4 is 6.29 Å². The van der Waals surface area contributed by atoms with Gasteiger partial charge in [-0.05, 0) is 24.7 Å². The van der Waals surface area contributed by atoms with Crippen molar-refractivity contribution in [1.29, 1.82) is 0 Å². The van der Waals surface area contributed by atoms with Gasteiger partial charge < -0.3 is 0 Å². The van der Waals surface area contributed by atoms with Crippen LogP contribution >= 0.6 is 0 Å². The first kappa shape index (κ1) is 13.4. The normalized spacial score (nSPS) is 10.7. The number of hydrogen-bond donors (Lipinski definition) is 0. The van der Waals surface area contributed by atoms with E-state index >= 15 is 0 Å². The molecule has 0 aliphatic carbocycles. The minimum Gasteiger partial charge on any atom is -0.298 e. The van der Waals surface area contributed by atoms with Gasteiger partial charge in [0.2, 0.25) is 0 Å². The summed E-state index contributed by atoms with van der Waals surface area (Å²) in [4.78, 5) is 12.7. The number of nitrogens with zero attached hydrogens (tertiary/aromatic N) is 1. The molecule has 0 saturated heterocycles. The Hall–Kier alpha value is -2.00. The molecule has 2 rings (SSSR count). The van der Waals surface area contributed by atoms with Crippen molar-refractivity contribution in [3.8, 4) is 0 Å². The lowest BCUT2D eigenvalue weighted by atomic mass is 10.1. The molecule has 0 atom stereocenters. The third kappa shape index (κ3) is 3.73. The van der Waals surface area contributed by atoms with E-state index in [2.05, 4.69) is 0 Å². The Morgan fingerprint density at radius 3 is 2.63 bits per heavy atom. The molecule has 0 bridgehead atoms. The Kier molecular flexibility index (Phi) is 4.42. The maximum atomic E-state index is 13.5. The smallest absolute Gasteiger partial charge is 0.150 e. The van der Waals surface area contributed by atoms with Crippen molar-refractivity contribution in [3.63, 3.8) is 0 Å². The molecular formula is C16H16FNO. The van der Waals surface area contributed by atoms with Gasteiger partial charge in [-0.2, -0.15) is 0 Å². The molecule has 0 saturated carbocycles. The highest BCUT2D eigenvalue weighted by molar-refractivity contribution is 5.74. The molecule has 0 aromatic heterocycles. The molecule has 0 N–H and O–H groups in total. The predicted octanol–water partition coefficient (Wildman–Crippen LogP) is 3.27. The van der Waals surface area contributed by atoms with Gasteiger partial charge in [-0.25, -0.2) is 4.39 Å². The maximum absolute atomic E-state index is 13.5. The van der Waals surface area contributed by atoms with Crippen molar-refractivity contribution in [3.05, 3.63) is 71.0 Å². The van der Waals surface area contributed by atoms with Gasteiger partial charge in [0.05, 0.1) is 0 Å². The summed E-state index contributed by atoms with van der Waals surface area (Å²) in [5.74, 6) is -0.184. The average molecular weight is 257 g/mol. The monoisotopic (exact) mass is 257 g/mol. The summed E-state index contributed by atoms with van der Waals surface area (Å²) >= 11 is 0. The highest BCUT2D eigenvalue weighted by Crippen LogP contribution is 2.12. The van der Waals surface area contributed by atoms with Crippen molar-refractivity contribution in [2.24, 2.45) is 0 Å². The zero-order chi connectivity index (χ0) is 13.7. The molecule has 2 nitrogen and oxygen atoms in total. The van der Waals surface area contributed by atoms with Crippen LogP contribution in [0.1, 0.15) is 21.5 Å². The molecule has 3 heteroatoms. The van der Waals surface area contributed by atoms with Crippen LogP contribution in [0, 0.1) is 5.82 Å². The van der Waals surface area contributed by atoms with Crippen molar-refractivity contribution in [1.82, 2.24) is 4.90 Å². The van der Waals surface area contributed by atoms with Gasteiger partial charge >= 0.3 is 0 Å². The first-order valence-corrected chi connectivity index (χ1v) is 6.15. The summed E-state index contributed by atoms with van der Waals surface area (Å²) in [6, 6.07) is 14.2. The van der Waals surface area contributed by atoms with Crippen molar-refractivity contribution < 1.29 is 9.18 Å². The van der Waals surface area contributed by atoms with Crippen LogP contribution in [0.4, 0.5) is 4.39 Å². The Morgan fingerprint density at radius 1 is 1.11 bits per heavy atom. The van der Waals surface area contributed by atoms with Crippen LogP contribution in [0.15, 0.2) is 48.5 Å². The quantitative estimate of drug-likeness (QED) is 0.766. The standard InChI is InChI=1S/C16H16FNO/c1-18(11-15-7-2-3-8-16(15)17)10-13-5-4-6-14(9-13)12-19/h2-9,12H,10-11H2,1H3. The zero-order valence-corrected chi connectivity index (χ0v) is 10.8. The number of benzene rings is 2. The molecule has 0 radical (unpaired) electrons. The van der Waals surface area contributed by atoms with Crippen LogP contribution < -0.4 is 0 Å². The fraction of sp³-hybridized carbons (Fsp3) is 0.188. The number of halogens is 1. The average Bonchev–Trinajstić information content (AvgIpc) is 2.41. The van der Waals surface area contributed by atoms with Gasteiger partial charge in [-0.15, -0.1) is 0 Å². The number of aldehydes is 1. The Morgan fingerprint density at radius 2 is 1.89 bits per heavy atom. The summed E-state index contributed by atoms with van der Waals surface area (Å²) < 4.78 is 13.5. The molecule has 2 aromatic carbocycles. The summed E-state index contributed by atoms with van der Waals surface area (Å²) in [6.07, 6.45) is 0.834. The maximum Gasteiger partial charge on any atom is 0.150 e. The summed E-state index contributed by atoms with van der Waals surface area (Å²) in [6.45, 7) is 1.22. The molecule has 2 aromatic rings. The molecular weight excluding hydrogens is 241 g/mol. The lowest BCUT2D eigenvalue weighted by molar-refractivity contribution is 0.112. The second kappa shape index (κ2) is 6.25. The molecule has 19 heavy (non-hydrogen) atoms. The van der Waals surface area contributed by atoms with E-state index in [4.69, 9.17) is 0 Å². The second-order valence-electron chi connectivity index (χ2n) is 4.63. The molecule has 0 unspecified atom stereocenters. The SMILES string of the molecule is CN(Cc1cccc(C=O)c1)Cc1ccccc1F. The first-order valence-electron chi connectivity index (χ1n) is 6.15. The largest absolute Gasteiger partial charge is 0.298 e. The van der Waals surface area contributed by atoms with E-state index in [1.807, 2.05) is 36.2 Å². The van der Waals surface area contributed by atoms with Gasteiger partial charge in [-0.3, -0.25) is 9.69 Å². The van der Waals surface area contributed by atoms with Gasteiger partial charge in [0.25, 0.3) is 0 Å². The van der Waals surface area contributed by atoms with Crippen LogP contribution in [0.5, 0.6) is 0 Å². The fourth-order valence-electron chi connectivity index (χ4n) is 2.05. The van der Waals surface area contributed by atoms with E-state index < -0.39 is 0 Å². The molecule has 98 valence electrons. The lowest BCUT2D eigenvalue weighted by Gasteiger charge is -2.17. The van der Waals surface area contributed by atoms with Gasteiger partial charge in [0.15, 0.2) is 0 Å².